The minimum absolute atomic E-state index is 0.0473. The van der Waals surface area contributed by atoms with E-state index < -0.39 is 6.10 Å². The van der Waals surface area contributed by atoms with Crippen LogP contribution in [0.5, 0.6) is 0 Å². The molecule has 0 bridgehead atoms. The molecule has 0 saturated carbocycles. The molecular weight excluding hydrogens is 336 g/mol. The summed E-state index contributed by atoms with van der Waals surface area (Å²) < 4.78 is 0.990. The van der Waals surface area contributed by atoms with Crippen molar-refractivity contribution in [3.63, 3.8) is 0 Å². The number of rotatable bonds is 4. The van der Waals surface area contributed by atoms with Crippen molar-refractivity contribution in [2.75, 3.05) is 18.0 Å². The van der Waals surface area contributed by atoms with Crippen LogP contribution in [0.15, 0.2) is 22.7 Å². The molecule has 0 radical (unpaired) electrons. The minimum Gasteiger partial charge on any atom is -0.392 e. The number of hydrogen-bond donors (Lipinski definition) is 2. The zero-order valence-corrected chi connectivity index (χ0v) is 13.7. The molecule has 1 heterocycles. The Morgan fingerprint density at radius 2 is 2.29 bits per heavy atom. The Morgan fingerprint density at radius 3 is 2.90 bits per heavy atom. The Balaban J connectivity index is 2.05. The maximum absolute atomic E-state index is 12.1. The van der Waals surface area contributed by atoms with Crippen LogP contribution in [0.25, 0.3) is 0 Å². The van der Waals surface area contributed by atoms with Crippen LogP contribution in [-0.4, -0.2) is 36.1 Å². The fourth-order valence-electron chi connectivity index (χ4n) is 2.32. The molecule has 6 heteroatoms. The fraction of sp³-hybridized carbons (Fsp3) is 0.467. The molecule has 0 aliphatic carbocycles. The third-order valence-corrected chi connectivity index (χ3v) is 4.41. The molecule has 1 aliphatic rings. The van der Waals surface area contributed by atoms with Crippen LogP contribution in [0.1, 0.15) is 18.9 Å². The average Bonchev–Trinajstić information content (AvgIpc) is 2.81. The van der Waals surface area contributed by atoms with Crippen molar-refractivity contribution in [3.8, 4) is 0 Å². The SMILES string of the molecule is Cc1cc(N2CC(C(=O)NCC(C)O)CC2=O)ccc1Br. The van der Waals surface area contributed by atoms with Crippen molar-refractivity contribution in [1.82, 2.24) is 5.32 Å². The third-order valence-electron chi connectivity index (χ3n) is 3.52. The van der Waals surface area contributed by atoms with Crippen molar-refractivity contribution >= 4 is 33.4 Å². The zero-order chi connectivity index (χ0) is 15.6. The molecule has 0 aromatic heterocycles. The fourth-order valence-corrected chi connectivity index (χ4v) is 2.57. The van der Waals surface area contributed by atoms with Crippen LogP contribution >= 0.6 is 15.9 Å². The molecule has 0 spiro atoms. The zero-order valence-electron chi connectivity index (χ0n) is 12.1. The highest BCUT2D eigenvalue weighted by Crippen LogP contribution is 2.28. The van der Waals surface area contributed by atoms with Crippen molar-refractivity contribution in [2.45, 2.75) is 26.4 Å². The smallest absolute Gasteiger partial charge is 0.227 e. The third kappa shape index (κ3) is 3.83. The first-order valence-electron chi connectivity index (χ1n) is 6.90. The lowest BCUT2D eigenvalue weighted by Gasteiger charge is -2.18. The second-order valence-corrected chi connectivity index (χ2v) is 6.29. The summed E-state index contributed by atoms with van der Waals surface area (Å²) in [5.41, 5.74) is 1.86. The van der Waals surface area contributed by atoms with Gasteiger partial charge in [-0.3, -0.25) is 9.59 Å². The van der Waals surface area contributed by atoms with Gasteiger partial charge >= 0.3 is 0 Å². The highest BCUT2D eigenvalue weighted by atomic mass is 79.9. The largest absolute Gasteiger partial charge is 0.392 e. The second-order valence-electron chi connectivity index (χ2n) is 5.43. The molecule has 1 aliphatic heterocycles. The van der Waals surface area contributed by atoms with E-state index >= 15 is 0 Å². The number of halogens is 1. The Kier molecular flexibility index (Phi) is 5.00. The Labute approximate surface area is 132 Å². The van der Waals surface area contributed by atoms with E-state index in [1.54, 1.807) is 11.8 Å². The van der Waals surface area contributed by atoms with E-state index in [1.165, 1.54) is 0 Å². The number of amides is 2. The first-order chi connectivity index (χ1) is 9.88. The van der Waals surface area contributed by atoms with E-state index in [9.17, 15) is 14.7 Å². The van der Waals surface area contributed by atoms with Gasteiger partial charge in [0, 0.05) is 29.7 Å². The van der Waals surface area contributed by atoms with Gasteiger partial charge in [0.2, 0.25) is 11.8 Å². The summed E-state index contributed by atoms with van der Waals surface area (Å²) >= 11 is 3.43. The molecular formula is C15H19BrN2O3. The van der Waals surface area contributed by atoms with Crippen molar-refractivity contribution in [3.05, 3.63) is 28.2 Å². The minimum atomic E-state index is -0.587. The van der Waals surface area contributed by atoms with E-state index in [1.807, 2.05) is 25.1 Å². The number of aliphatic hydroxyl groups excluding tert-OH is 1. The van der Waals surface area contributed by atoms with Crippen LogP contribution in [0, 0.1) is 12.8 Å². The standard InChI is InChI=1S/C15H19BrN2O3/c1-9-5-12(3-4-13(9)16)18-8-11(6-14(18)20)15(21)17-7-10(2)19/h3-5,10-11,19H,6-8H2,1-2H3,(H,17,21). The number of hydrogen-bond acceptors (Lipinski definition) is 3. The van der Waals surface area contributed by atoms with Gasteiger partial charge in [0.15, 0.2) is 0 Å². The summed E-state index contributed by atoms with van der Waals surface area (Å²) in [7, 11) is 0. The van der Waals surface area contributed by atoms with Crippen LogP contribution < -0.4 is 10.2 Å². The molecule has 1 aromatic carbocycles. The molecule has 2 amide bonds. The van der Waals surface area contributed by atoms with Crippen LogP contribution in [0.4, 0.5) is 5.69 Å². The molecule has 2 unspecified atom stereocenters. The van der Waals surface area contributed by atoms with Gasteiger partial charge in [-0.2, -0.15) is 0 Å². The van der Waals surface area contributed by atoms with E-state index in [0.29, 0.717) is 6.54 Å². The van der Waals surface area contributed by atoms with Gasteiger partial charge in [-0.15, -0.1) is 0 Å². The van der Waals surface area contributed by atoms with Crippen molar-refractivity contribution < 1.29 is 14.7 Å². The molecule has 2 atom stereocenters. The van der Waals surface area contributed by atoms with Crippen LogP contribution in [-0.2, 0) is 9.59 Å². The van der Waals surface area contributed by atoms with Gasteiger partial charge < -0.3 is 15.3 Å². The van der Waals surface area contributed by atoms with Gasteiger partial charge in [-0.05, 0) is 37.6 Å². The molecule has 1 fully saturated rings. The van der Waals surface area contributed by atoms with E-state index in [-0.39, 0.29) is 30.7 Å². The van der Waals surface area contributed by atoms with E-state index in [4.69, 9.17) is 0 Å². The number of aliphatic hydroxyl groups is 1. The second kappa shape index (κ2) is 6.58. The maximum atomic E-state index is 12.1. The lowest BCUT2D eigenvalue weighted by Crippen LogP contribution is -2.36. The molecule has 114 valence electrons. The normalized spacial score (nSPS) is 19.7. The number of nitrogens with one attached hydrogen (secondary N) is 1. The predicted molar refractivity (Wildman–Crippen MR) is 84.0 cm³/mol. The molecule has 2 N–H and O–H groups in total. The van der Waals surface area contributed by atoms with E-state index in [0.717, 1.165) is 15.7 Å². The van der Waals surface area contributed by atoms with Crippen molar-refractivity contribution in [2.24, 2.45) is 5.92 Å². The first kappa shape index (κ1) is 16.0. The summed E-state index contributed by atoms with van der Waals surface area (Å²) in [6.07, 6.45) is -0.378. The number of benzene rings is 1. The van der Waals surface area contributed by atoms with Crippen LogP contribution in [0.2, 0.25) is 0 Å². The monoisotopic (exact) mass is 354 g/mol. The number of carbonyl (C=O) groups excluding carboxylic acids is 2. The Morgan fingerprint density at radius 1 is 1.57 bits per heavy atom. The summed E-state index contributed by atoms with van der Waals surface area (Å²) in [6, 6.07) is 5.70. The summed E-state index contributed by atoms with van der Waals surface area (Å²) in [5.74, 6) is -0.588. The number of nitrogens with zero attached hydrogens (tertiary/aromatic N) is 1. The first-order valence-corrected chi connectivity index (χ1v) is 7.70. The highest BCUT2D eigenvalue weighted by molar-refractivity contribution is 9.10. The van der Waals surface area contributed by atoms with Gasteiger partial charge in [-0.25, -0.2) is 0 Å². The summed E-state index contributed by atoms with van der Waals surface area (Å²) in [6.45, 7) is 4.16. The van der Waals surface area contributed by atoms with E-state index in [2.05, 4.69) is 21.2 Å². The lowest BCUT2D eigenvalue weighted by molar-refractivity contribution is -0.126. The van der Waals surface area contributed by atoms with Gasteiger partial charge in [0.05, 0.1) is 12.0 Å². The number of anilines is 1. The number of aryl methyl sites for hydroxylation is 1. The van der Waals surface area contributed by atoms with Crippen molar-refractivity contribution in [1.29, 1.82) is 0 Å². The molecule has 1 aromatic rings. The maximum Gasteiger partial charge on any atom is 0.227 e. The van der Waals surface area contributed by atoms with Gasteiger partial charge in [-0.1, -0.05) is 15.9 Å². The average molecular weight is 355 g/mol. The quantitative estimate of drug-likeness (QED) is 0.862. The number of carbonyl (C=O) groups is 2. The lowest BCUT2D eigenvalue weighted by atomic mass is 10.1. The summed E-state index contributed by atoms with van der Waals surface area (Å²) in [5, 5.41) is 11.8. The van der Waals surface area contributed by atoms with Crippen LogP contribution in [0.3, 0.4) is 0 Å². The van der Waals surface area contributed by atoms with Gasteiger partial charge in [0.1, 0.15) is 0 Å². The molecule has 2 rings (SSSR count). The topological polar surface area (TPSA) is 69.6 Å². The Hall–Kier alpha value is -1.40. The highest BCUT2D eigenvalue weighted by Gasteiger charge is 2.35. The summed E-state index contributed by atoms with van der Waals surface area (Å²) in [4.78, 5) is 25.7. The molecule has 5 nitrogen and oxygen atoms in total. The van der Waals surface area contributed by atoms with Gasteiger partial charge in [0.25, 0.3) is 0 Å². The Bertz CT molecular complexity index is 560. The molecule has 21 heavy (non-hydrogen) atoms. The molecule has 1 saturated heterocycles. The predicted octanol–water partition coefficient (Wildman–Crippen LogP) is 1.61.